The number of carbonyl (C=O) groups is 4. The van der Waals surface area contributed by atoms with Crippen LogP contribution in [-0.4, -0.2) is 100 Å². The number of amides is 2. The molecule has 0 saturated carbocycles. The van der Waals surface area contributed by atoms with Gasteiger partial charge in [0.15, 0.2) is 11.4 Å². The molecule has 0 spiro atoms. The third-order valence-electron chi connectivity index (χ3n) is 8.38. The Balaban J connectivity index is 1.93. The van der Waals surface area contributed by atoms with Crippen molar-refractivity contribution in [1.29, 1.82) is 0 Å². The summed E-state index contributed by atoms with van der Waals surface area (Å²) >= 11 is 0. The lowest BCUT2D eigenvalue weighted by Gasteiger charge is -2.50. The quantitative estimate of drug-likeness (QED) is 0.221. The number of ketones is 2. The molecule has 0 aliphatic heterocycles. The van der Waals surface area contributed by atoms with Crippen LogP contribution in [0.4, 0.5) is 5.69 Å². The Morgan fingerprint density at radius 1 is 1.17 bits per heavy atom. The first-order valence-corrected chi connectivity index (χ1v) is 13.5. The molecule has 0 aromatic heterocycles. The van der Waals surface area contributed by atoms with E-state index in [0.29, 0.717) is 29.8 Å². The number of nitrogens with two attached hydrogens (primary N) is 1. The number of phenols is 1. The largest absolute Gasteiger partial charge is 0.510 e. The normalized spacial score (nSPS) is 25.7. The van der Waals surface area contributed by atoms with Crippen LogP contribution in [0.15, 0.2) is 28.7 Å². The van der Waals surface area contributed by atoms with Crippen molar-refractivity contribution in [2.24, 2.45) is 23.5 Å². The van der Waals surface area contributed by atoms with E-state index in [9.17, 15) is 39.6 Å². The summed E-state index contributed by atoms with van der Waals surface area (Å²) in [5.74, 6) is -6.80. The zero-order chi connectivity index (χ0) is 30.7. The van der Waals surface area contributed by atoms with Gasteiger partial charge in [-0.1, -0.05) is 13.8 Å². The van der Waals surface area contributed by atoms with Crippen LogP contribution in [0.3, 0.4) is 0 Å². The number of benzene rings is 1. The zero-order valence-electron chi connectivity index (χ0n) is 24.1. The average Bonchev–Trinajstić information content (AvgIpc) is 2.86. The van der Waals surface area contributed by atoms with Gasteiger partial charge in [0.2, 0.25) is 12.2 Å². The summed E-state index contributed by atoms with van der Waals surface area (Å²) in [4.78, 5) is 56.2. The molecule has 0 bridgehead atoms. The molecule has 3 aliphatic carbocycles. The molecule has 0 fully saturated rings. The fraction of sp³-hybridized carbons (Fsp3) is 0.517. The molecule has 2 amide bonds. The van der Waals surface area contributed by atoms with Gasteiger partial charge in [-0.05, 0) is 50.4 Å². The number of hydrogen-bond donors (Lipinski definition) is 5. The lowest BCUT2D eigenvalue weighted by atomic mass is 9.58. The number of aliphatic hydroxyl groups is 3. The number of likely N-dealkylation sites (N-methyl/N-ethyl adjacent to an activating group) is 1. The minimum atomic E-state index is -2.70. The Morgan fingerprint density at radius 3 is 2.32 bits per heavy atom. The highest BCUT2D eigenvalue weighted by molar-refractivity contribution is 6.25. The number of aromatic hydroxyl groups is 1. The van der Waals surface area contributed by atoms with Crippen molar-refractivity contribution in [2.45, 2.75) is 44.9 Å². The first-order chi connectivity index (χ1) is 19.1. The highest BCUT2D eigenvalue weighted by Crippen LogP contribution is 2.53. The van der Waals surface area contributed by atoms with Gasteiger partial charge in [0, 0.05) is 49.9 Å². The van der Waals surface area contributed by atoms with E-state index in [4.69, 9.17) is 5.73 Å². The Kier molecular flexibility index (Phi) is 7.70. The molecule has 12 nitrogen and oxygen atoms in total. The molecule has 1 aromatic carbocycles. The van der Waals surface area contributed by atoms with Crippen molar-refractivity contribution in [1.82, 2.24) is 9.80 Å². The van der Waals surface area contributed by atoms with E-state index in [1.54, 1.807) is 39.2 Å². The first kappa shape index (κ1) is 30.1. The second-order valence-electron chi connectivity index (χ2n) is 12.0. The fourth-order valence-electron chi connectivity index (χ4n) is 6.71. The van der Waals surface area contributed by atoms with Gasteiger partial charge in [0.1, 0.15) is 22.8 Å². The molecular formula is C29H38N4O8. The minimum Gasteiger partial charge on any atom is -0.510 e. The smallest absolute Gasteiger partial charge is 0.255 e. The first-order valence-electron chi connectivity index (χ1n) is 13.5. The van der Waals surface area contributed by atoms with Gasteiger partial charge < -0.3 is 36.0 Å². The van der Waals surface area contributed by atoms with Crippen molar-refractivity contribution in [3.63, 3.8) is 0 Å². The molecule has 4 atom stereocenters. The van der Waals surface area contributed by atoms with E-state index < -0.39 is 58.0 Å². The summed E-state index contributed by atoms with van der Waals surface area (Å²) in [5, 5.41) is 45.5. The second kappa shape index (κ2) is 10.5. The summed E-state index contributed by atoms with van der Waals surface area (Å²) in [6.07, 6.45) is 0.861. The molecule has 4 rings (SSSR count). The summed E-state index contributed by atoms with van der Waals surface area (Å²) in [6.45, 7) is 4.34. The van der Waals surface area contributed by atoms with Gasteiger partial charge in [0.25, 0.3) is 5.91 Å². The lowest BCUT2D eigenvalue weighted by Crippen LogP contribution is -2.63. The average molecular weight is 571 g/mol. The van der Waals surface area contributed by atoms with Crippen LogP contribution < -0.4 is 10.6 Å². The van der Waals surface area contributed by atoms with Gasteiger partial charge in [0.05, 0.1) is 11.6 Å². The molecular weight excluding hydrogens is 532 g/mol. The van der Waals surface area contributed by atoms with E-state index in [-0.39, 0.29) is 42.2 Å². The molecule has 0 radical (unpaired) electrons. The van der Waals surface area contributed by atoms with E-state index in [1.165, 1.54) is 9.80 Å². The van der Waals surface area contributed by atoms with Crippen LogP contribution in [-0.2, 0) is 27.3 Å². The number of phenolic OH excluding ortho intramolecular Hbond substituents is 1. The Morgan fingerprint density at radius 2 is 1.80 bits per heavy atom. The number of fused-ring (bicyclic) bond motifs is 3. The van der Waals surface area contributed by atoms with Crippen molar-refractivity contribution >= 4 is 29.6 Å². The van der Waals surface area contributed by atoms with Crippen LogP contribution in [0.2, 0.25) is 0 Å². The predicted octanol–water partition coefficient (Wildman–Crippen LogP) is 0.801. The van der Waals surface area contributed by atoms with E-state index >= 15 is 0 Å². The van der Waals surface area contributed by atoms with Gasteiger partial charge in [-0.3, -0.25) is 24.1 Å². The van der Waals surface area contributed by atoms with Gasteiger partial charge in [-0.25, -0.2) is 0 Å². The number of aliphatic hydroxyl groups excluding tert-OH is 2. The number of Topliss-reactive ketones (excluding diaryl/α,β-unsaturated/α-hetero) is 2. The van der Waals surface area contributed by atoms with E-state index in [1.807, 2.05) is 13.8 Å². The van der Waals surface area contributed by atoms with Crippen molar-refractivity contribution < 1.29 is 39.6 Å². The third kappa shape index (κ3) is 4.55. The fourth-order valence-corrected chi connectivity index (χ4v) is 6.71. The summed E-state index contributed by atoms with van der Waals surface area (Å²) in [7, 11) is 6.73. The molecule has 1 aromatic rings. The predicted molar refractivity (Wildman–Crippen MR) is 149 cm³/mol. The summed E-state index contributed by atoms with van der Waals surface area (Å²) in [6, 6.07) is 0.673. The molecule has 3 aliphatic rings. The maximum Gasteiger partial charge on any atom is 0.255 e. The van der Waals surface area contributed by atoms with Crippen LogP contribution in [0.1, 0.15) is 41.8 Å². The Hall–Kier alpha value is -3.90. The maximum absolute atomic E-state index is 14.1. The van der Waals surface area contributed by atoms with E-state index in [2.05, 4.69) is 0 Å². The van der Waals surface area contributed by atoms with E-state index in [0.717, 1.165) is 0 Å². The number of hydrogen-bond acceptors (Lipinski definition) is 10. The SMILES string of the molecule is CC(C)CN(C=O)Cc1cc(N(C)C)c2c(c1O)C(=O)C1=C(O)[C@]3(O)C(=O)C(C(N)=O)=C(O)C(N(C)C)[C@H]3C[C@H]1C2. The van der Waals surface area contributed by atoms with Crippen LogP contribution in [0.25, 0.3) is 0 Å². The Bertz CT molecular complexity index is 1400. The maximum atomic E-state index is 14.1. The van der Waals surface area contributed by atoms with Crippen molar-refractivity contribution in [2.75, 3.05) is 39.6 Å². The topological polar surface area (TPSA) is 185 Å². The van der Waals surface area contributed by atoms with Gasteiger partial charge in [-0.2, -0.15) is 0 Å². The van der Waals surface area contributed by atoms with Crippen LogP contribution >= 0.6 is 0 Å². The van der Waals surface area contributed by atoms with Crippen molar-refractivity contribution in [3.8, 4) is 5.75 Å². The standard InChI is InChI=1S/C29H38N4O8/c1-13(2)10-33(12-34)11-15-9-18(31(3)4)16-7-14-8-17-22(32(5)6)25(37)21(28(30)40)27(39)29(17,41)26(38)19(14)24(36)20(16)23(15)35/h9,12-14,17,22,35,37-38,41H,7-8,10-11H2,1-6H3,(H2,30,40)/t14-,17-,22?,29+/m1/s1. The molecule has 6 N–H and O–H groups in total. The number of nitrogens with zero attached hydrogens (tertiary/aromatic N) is 3. The lowest BCUT2D eigenvalue weighted by molar-refractivity contribution is -0.148. The highest BCUT2D eigenvalue weighted by Gasteiger charge is 2.63. The number of allylic oxidation sites excluding steroid dienone is 1. The molecule has 12 heteroatoms. The molecule has 1 unspecified atom stereocenters. The molecule has 0 saturated heterocycles. The third-order valence-corrected chi connectivity index (χ3v) is 8.38. The van der Waals surface area contributed by atoms with Gasteiger partial charge in [-0.15, -0.1) is 0 Å². The second-order valence-corrected chi connectivity index (χ2v) is 12.0. The van der Waals surface area contributed by atoms with Crippen LogP contribution in [0, 0.1) is 17.8 Å². The molecule has 41 heavy (non-hydrogen) atoms. The summed E-state index contributed by atoms with van der Waals surface area (Å²) in [5.41, 5.74) is 3.01. The number of rotatable bonds is 8. The molecule has 0 heterocycles. The Labute approximate surface area is 238 Å². The zero-order valence-corrected chi connectivity index (χ0v) is 24.1. The number of carbonyl (C=O) groups excluding carboxylic acids is 4. The molecule has 222 valence electrons. The van der Waals surface area contributed by atoms with Crippen molar-refractivity contribution in [3.05, 3.63) is 45.4 Å². The van der Waals surface area contributed by atoms with Gasteiger partial charge >= 0.3 is 0 Å². The van der Waals surface area contributed by atoms with Crippen LogP contribution in [0.5, 0.6) is 5.75 Å². The highest BCUT2D eigenvalue weighted by atomic mass is 16.3. The minimum absolute atomic E-state index is 0.00838. The number of anilines is 1. The number of primary amides is 1. The monoisotopic (exact) mass is 570 g/mol. The summed E-state index contributed by atoms with van der Waals surface area (Å²) < 4.78 is 0.